The van der Waals surface area contributed by atoms with E-state index in [0.29, 0.717) is 6.54 Å². The molecule has 1 heterocycles. The van der Waals surface area contributed by atoms with Crippen LogP contribution in [-0.4, -0.2) is 16.0 Å². The Kier molecular flexibility index (Phi) is 4.77. The van der Waals surface area contributed by atoms with Gasteiger partial charge in [-0.1, -0.05) is 13.8 Å². The van der Waals surface area contributed by atoms with Crippen LogP contribution in [0.15, 0.2) is 42.6 Å². The number of nitrogens with zero attached hydrogens (tertiary/aromatic N) is 1. The van der Waals surface area contributed by atoms with E-state index in [2.05, 4.69) is 15.6 Å². The summed E-state index contributed by atoms with van der Waals surface area (Å²) < 4.78 is 0. The smallest absolute Gasteiger partial charge is 0.226 e. The van der Waals surface area contributed by atoms with E-state index < -0.39 is 0 Å². The summed E-state index contributed by atoms with van der Waals surface area (Å²) in [5, 5.41) is 15.2. The van der Waals surface area contributed by atoms with Crippen LogP contribution in [0.5, 0.6) is 5.75 Å². The van der Waals surface area contributed by atoms with Gasteiger partial charge in [-0.2, -0.15) is 0 Å². The number of anilines is 2. The van der Waals surface area contributed by atoms with Crippen molar-refractivity contribution in [3.05, 3.63) is 48.3 Å². The standard InChI is InChI=1S/C16H19N3O2/c1-11(2)16(21)19-13-5-3-12(4-6-13)17-9-14-7-8-15(20)10-18-14/h3-8,10-11,17,20H,9H2,1-2H3,(H,19,21). The van der Waals surface area contributed by atoms with Crippen molar-refractivity contribution in [2.75, 3.05) is 10.6 Å². The highest BCUT2D eigenvalue weighted by molar-refractivity contribution is 5.92. The first kappa shape index (κ1) is 14.8. The topological polar surface area (TPSA) is 74.2 Å². The average molecular weight is 285 g/mol. The Bertz CT molecular complexity index is 592. The predicted molar refractivity (Wildman–Crippen MR) is 83.1 cm³/mol. The number of nitrogens with one attached hydrogen (secondary N) is 2. The fourth-order valence-corrected chi connectivity index (χ4v) is 1.67. The average Bonchev–Trinajstić information content (AvgIpc) is 2.48. The molecule has 5 heteroatoms. The molecule has 3 N–H and O–H groups in total. The normalized spacial score (nSPS) is 10.4. The molecule has 2 rings (SSSR count). The highest BCUT2D eigenvalue weighted by Crippen LogP contribution is 2.15. The van der Waals surface area contributed by atoms with Crippen LogP contribution < -0.4 is 10.6 Å². The van der Waals surface area contributed by atoms with Crippen LogP contribution >= 0.6 is 0 Å². The molecule has 0 aliphatic carbocycles. The van der Waals surface area contributed by atoms with Gasteiger partial charge in [-0.15, -0.1) is 0 Å². The number of hydrogen-bond donors (Lipinski definition) is 3. The Morgan fingerprint density at radius 2 is 1.81 bits per heavy atom. The van der Waals surface area contributed by atoms with Gasteiger partial charge >= 0.3 is 0 Å². The third-order valence-electron chi connectivity index (χ3n) is 2.96. The Morgan fingerprint density at radius 1 is 1.14 bits per heavy atom. The van der Waals surface area contributed by atoms with Crippen LogP contribution in [0, 0.1) is 5.92 Å². The Balaban J connectivity index is 1.90. The van der Waals surface area contributed by atoms with Gasteiger partial charge in [0.2, 0.25) is 5.91 Å². The zero-order valence-corrected chi connectivity index (χ0v) is 12.1. The number of rotatable bonds is 5. The number of hydrogen-bond acceptors (Lipinski definition) is 4. The minimum Gasteiger partial charge on any atom is -0.506 e. The molecule has 0 aliphatic heterocycles. The first-order valence-electron chi connectivity index (χ1n) is 6.83. The van der Waals surface area contributed by atoms with Crippen molar-refractivity contribution in [1.82, 2.24) is 4.98 Å². The monoisotopic (exact) mass is 285 g/mol. The van der Waals surface area contributed by atoms with Crippen molar-refractivity contribution in [3.8, 4) is 5.75 Å². The number of aromatic hydroxyl groups is 1. The van der Waals surface area contributed by atoms with E-state index in [4.69, 9.17) is 5.11 Å². The summed E-state index contributed by atoms with van der Waals surface area (Å²) >= 11 is 0. The highest BCUT2D eigenvalue weighted by atomic mass is 16.3. The van der Waals surface area contributed by atoms with Crippen LogP contribution in [0.25, 0.3) is 0 Å². The molecule has 0 atom stereocenters. The second kappa shape index (κ2) is 6.74. The zero-order chi connectivity index (χ0) is 15.2. The summed E-state index contributed by atoms with van der Waals surface area (Å²) in [7, 11) is 0. The van der Waals surface area contributed by atoms with E-state index in [1.807, 2.05) is 38.1 Å². The van der Waals surface area contributed by atoms with E-state index in [0.717, 1.165) is 17.1 Å². The lowest BCUT2D eigenvalue weighted by molar-refractivity contribution is -0.118. The lowest BCUT2D eigenvalue weighted by Crippen LogP contribution is -2.17. The van der Waals surface area contributed by atoms with E-state index in [1.54, 1.807) is 12.1 Å². The largest absolute Gasteiger partial charge is 0.506 e. The van der Waals surface area contributed by atoms with Crippen LogP contribution in [0.4, 0.5) is 11.4 Å². The Labute approximate surface area is 124 Å². The third kappa shape index (κ3) is 4.49. The van der Waals surface area contributed by atoms with Gasteiger partial charge in [-0.05, 0) is 36.4 Å². The van der Waals surface area contributed by atoms with Crippen molar-refractivity contribution in [3.63, 3.8) is 0 Å². The van der Waals surface area contributed by atoms with Crippen molar-refractivity contribution in [2.45, 2.75) is 20.4 Å². The van der Waals surface area contributed by atoms with E-state index in [1.165, 1.54) is 6.20 Å². The lowest BCUT2D eigenvalue weighted by atomic mass is 10.2. The molecule has 0 unspecified atom stereocenters. The molecule has 0 saturated heterocycles. The fraction of sp³-hybridized carbons (Fsp3) is 0.250. The fourth-order valence-electron chi connectivity index (χ4n) is 1.67. The van der Waals surface area contributed by atoms with Crippen LogP contribution in [0.2, 0.25) is 0 Å². The molecular weight excluding hydrogens is 266 g/mol. The molecule has 0 saturated carbocycles. The van der Waals surface area contributed by atoms with Gasteiger partial charge in [0, 0.05) is 17.3 Å². The zero-order valence-electron chi connectivity index (χ0n) is 12.1. The number of amides is 1. The van der Waals surface area contributed by atoms with Gasteiger partial charge < -0.3 is 15.7 Å². The number of carbonyl (C=O) groups is 1. The molecule has 0 aliphatic rings. The molecule has 1 aromatic carbocycles. The van der Waals surface area contributed by atoms with E-state index in [9.17, 15) is 4.79 Å². The maximum Gasteiger partial charge on any atom is 0.226 e. The van der Waals surface area contributed by atoms with Crippen LogP contribution in [0.3, 0.4) is 0 Å². The summed E-state index contributed by atoms with van der Waals surface area (Å²) in [4.78, 5) is 15.7. The van der Waals surface area contributed by atoms with Gasteiger partial charge in [-0.25, -0.2) is 0 Å². The third-order valence-corrected chi connectivity index (χ3v) is 2.96. The first-order valence-corrected chi connectivity index (χ1v) is 6.83. The number of pyridine rings is 1. The van der Waals surface area contributed by atoms with Gasteiger partial charge in [0.25, 0.3) is 0 Å². The van der Waals surface area contributed by atoms with Crippen molar-refractivity contribution >= 4 is 17.3 Å². The maximum absolute atomic E-state index is 11.6. The molecule has 21 heavy (non-hydrogen) atoms. The lowest BCUT2D eigenvalue weighted by Gasteiger charge is -2.09. The molecule has 2 aromatic rings. The quantitative estimate of drug-likeness (QED) is 0.789. The molecular formula is C16H19N3O2. The van der Waals surface area contributed by atoms with E-state index >= 15 is 0 Å². The second-order valence-corrected chi connectivity index (χ2v) is 5.08. The molecule has 0 spiro atoms. The number of aromatic nitrogens is 1. The molecule has 0 radical (unpaired) electrons. The predicted octanol–water partition coefficient (Wildman–Crippen LogP) is 2.99. The molecule has 0 fully saturated rings. The second-order valence-electron chi connectivity index (χ2n) is 5.08. The molecule has 1 aromatic heterocycles. The Hall–Kier alpha value is -2.56. The van der Waals surface area contributed by atoms with Crippen LogP contribution in [0.1, 0.15) is 19.5 Å². The summed E-state index contributed by atoms with van der Waals surface area (Å²) in [6.45, 7) is 4.28. The van der Waals surface area contributed by atoms with Crippen molar-refractivity contribution in [1.29, 1.82) is 0 Å². The maximum atomic E-state index is 11.6. The van der Waals surface area contributed by atoms with Gasteiger partial charge in [-0.3, -0.25) is 9.78 Å². The summed E-state index contributed by atoms with van der Waals surface area (Å²) in [5.41, 5.74) is 2.56. The molecule has 1 amide bonds. The summed E-state index contributed by atoms with van der Waals surface area (Å²) in [6.07, 6.45) is 1.42. The summed E-state index contributed by atoms with van der Waals surface area (Å²) in [5.74, 6) is 0.122. The number of carbonyl (C=O) groups excluding carboxylic acids is 1. The molecule has 0 bridgehead atoms. The van der Waals surface area contributed by atoms with Crippen LogP contribution in [-0.2, 0) is 11.3 Å². The first-order chi connectivity index (χ1) is 10.0. The van der Waals surface area contributed by atoms with Gasteiger partial charge in [0.05, 0.1) is 18.4 Å². The summed E-state index contributed by atoms with van der Waals surface area (Å²) in [6, 6.07) is 10.9. The highest BCUT2D eigenvalue weighted by Gasteiger charge is 2.06. The Morgan fingerprint density at radius 3 is 2.38 bits per heavy atom. The van der Waals surface area contributed by atoms with Crippen molar-refractivity contribution in [2.24, 2.45) is 5.92 Å². The minimum atomic E-state index is -0.0385. The molecule has 5 nitrogen and oxygen atoms in total. The number of benzene rings is 1. The SMILES string of the molecule is CC(C)C(=O)Nc1ccc(NCc2ccc(O)cn2)cc1. The van der Waals surface area contributed by atoms with Crippen molar-refractivity contribution < 1.29 is 9.90 Å². The van der Waals surface area contributed by atoms with E-state index in [-0.39, 0.29) is 17.6 Å². The van der Waals surface area contributed by atoms with Gasteiger partial charge in [0.1, 0.15) is 5.75 Å². The van der Waals surface area contributed by atoms with Gasteiger partial charge in [0.15, 0.2) is 0 Å². The molecule has 110 valence electrons. The minimum absolute atomic E-state index is 0.00371.